The Morgan fingerprint density at radius 2 is 2.00 bits per heavy atom. The number of imide groups is 1. The number of nitrogens with zero attached hydrogens (tertiary/aromatic N) is 3. The van der Waals surface area contributed by atoms with Gasteiger partial charge in [-0.25, -0.2) is 4.98 Å². The van der Waals surface area contributed by atoms with Gasteiger partial charge < -0.3 is 9.88 Å². The SMILES string of the molecule is CC(=O)N1CC(=O)N/C(=C\c2ncn(Cc3ccccc3)c2C2CC2)C1=O. The summed E-state index contributed by atoms with van der Waals surface area (Å²) in [6, 6.07) is 10.1. The van der Waals surface area contributed by atoms with Crippen LogP contribution in [0.4, 0.5) is 0 Å². The molecular weight excluding hydrogens is 344 g/mol. The standard InChI is InChI=1S/C20H20N4O3/c1-13(25)24-11-18(26)22-17(20(24)27)9-16-19(15-7-8-15)23(12-21-16)10-14-5-3-2-4-6-14/h2-6,9,12,15H,7-8,10-11H2,1H3,(H,22,26)/b17-9-. The molecule has 3 amide bonds. The van der Waals surface area contributed by atoms with E-state index in [1.54, 1.807) is 12.4 Å². The van der Waals surface area contributed by atoms with E-state index in [1.165, 1.54) is 12.5 Å². The lowest BCUT2D eigenvalue weighted by Crippen LogP contribution is -2.51. The summed E-state index contributed by atoms with van der Waals surface area (Å²) < 4.78 is 2.09. The van der Waals surface area contributed by atoms with Crippen LogP contribution in [0.5, 0.6) is 0 Å². The maximum atomic E-state index is 12.5. The minimum atomic E-state index is -0.499. The van der Waals surface area contributed by atoms with Gasteiger partial charge in [-0.1, -0.05) is 30.3 Å². The van der Waals surface area contributed by atoms with Crippen LogP contribution in [0.1, 0.15) is 42.6 Å². The first-order valence-electron chi connectivity index (χ1n) is 8.96. The average Bonchev–Trinajstić information content (AvgIpc) is 3.41. The summed E-state index contributed by atoms with van der Waals surface area (Å²) in [5.41, 5.74) is 2.99. The number of rotatable bonds is 4. The highest BCUT2D eigenvalue weighted by Crippen LogP contribution is 2.42. The summed E-state index contributed by atoms with van der Waals surface area (Å²) in [4.78, 5) is 41.4. The van der Waals surface area contributed by atoms with E-state index in [4.69, 9.17) is 0 Å². The second-order valence-electron chi connectivity index (χ2n) is 6.92. The maximum absolute atomic E-state index is 12.5. The first kappa shape index (κ1) is 17.2. The number of carbonyl (C=O) groups is 3. The van der Waals surface area contributed by atoms with Crippen molar-refractivity contribution in [2.45, 2.75) is 32.2 Å². The predicted octanol–water partition coefficient (Wildman–Crippen LogP) is 1.65. The topological polar surface area (TPSA) is 84.3 Å². The van der Waals surface area contributed by atoms with Gasteiger partial charge in [0.05, 0.1) is 12.0 Å². The van der Waals surface area contributed by atoms with E-state index in [1.807, 2.05) is 18.2 Å². The Hall–Kier alpha value is -3.22. The van der Waals surface area contributed by atoms with E-state index < -0.39 is 11.8 Å². The Morgan fingerprint density at radius 3 is 2.67 bits per heavy atom. The van der Waals surface area contributed by atoms with Crippen molar-refractivity contribution in [3.63, 3.8) is 0 Å². The molecule has 2 aromatic rings. The van der Waals surface area contributed by atoms with Crippen LogP contribution in [0.25, 0.3) is 6.08 Å². The lowest BCUT2D eigenvalue weighted by Gasteiger charge is -2.25. The van der Waals surface area contributed by atoms with Crippen LogP contribution in [-0.2, 0) is 20.9 Å². The van der Waals surface area contributed by atoms with E-state index >= 15 is 0 Å². The smallest absolute Gasteiger partial charge is 0.277 e. The van der Waals surface area contributed by atoms with Crippen LogP contribution in [0.15, 0.2) is 42.4 Å². The summed E-state index contributed by atoms with van der Waals surface area (Å²) in [6.07, 6.45) is 5.52. The minimum Gasteiger partial charge on any atom is -0.329 e. The normalized spacial score (nSPS) is 18.7. The van der Waals surface area contributed by atoms with Crippen LogP contribution in [0.2, 0.25) is 0 Å². The third-order valence-corrected chi connectivity index (χ3v) is 4.78. The molecule has 1 aromatic heterocycles. The number of hydrogen-bond donors (Lipinski definition) is 1. The fraction of sp³-hybridized carbons (Fsp3) is 0.300. The molecule has 27 heavy (non-hydrogen) atoms. The van der Waals surface area contributed by atoms with Gasteiger partial charge in [0.15, 0.2) is 0 Å². The molecule has 1 N–H and O–H groups in total. The van der Waals surface area contributed by atoms with Crippen LogP contribution in [0, 0.1) is 0 Å². The third-order valence-electron chi connectivity index (χ3n) is 4.78. The van der Waals surface area contributed by atoms with Gasteiger partial charge in [-0.2, -0.15) is 0 Å². The zero-order valence-electron chi connectivity index (χ0n) is 15.0. The van der Waals surface area contributed by atoms with E-state index in [9.17, 15) is 14.4 Å². The fourth-order valence-corrected chi connectivity index (χ4v) is 3.32. The maximum Gasteiger partial charge on any atom is 0.277 e. The summed E-state index contributed by atoms with van der Waals surface area (Å²) >= 11 is 0. The number of aromatic nitrogens is 2. The molecule has 4 rings (SSSR count). The first-order valence-corrected chi connectivity index (χ1v) is 8.96. The number of amides is 3. The average molecular weight is 364 g/mol. The van der Waals surface area contributed by atoms with Crippen molar-refractivity contribution in [2.24, 2.45) is 0 Å². The molecule has 2 aliphatic rings. The number of imidazole rings is 1. The Morgan fingerprint density at radius 1 is 1.26 bits per heavy atom. The van der Waals surface area contributed by atoms with Crippen molar-refractivity contribution >= 4 is 23.8 Å². The van der Waals surface area contributed by atoms with E-state index in [2.05, 4.69) is 27.0 Å². The molecule has 7 heteroatoms. The second kappa shape index (κ2) is 6.83. The molecule has 2 fully saturated rings. The second-order valence-corrected chi connectivity index (χ2v) is 6.92. The van der Waals surface area contributed by atoms with Crippen molar-refractivity contribution in [1.29, 1.82) is 0 Å². The van der Waals surface area contributed by atoms with Crippen LogP contribution in [-0.4, -0.2) is 38.7 Å². The van der Waals surface area contributed by atoms with Crippen molar-refractivity contribution in [1.82, 2.24) is 19.8 Å². The van der Waals surface area contributed by atoms with E-state index in [0.29, 0.717) is 18.2 Å². The number of piperazine rings is 1. The molecule has 1 aliphatic heterocycles. The molecule has 1 saturated carbocycles. The molecule has 1 saturated heterocycles. The third kappa shape index (κ3) is 3.53. The Labute approximate surface area is 156 Å². The molecule has 0 radical (unpaired) electrons. The Kier molecular flexibility index (Phi) is 4.35. The van der Waals surface area contributed by atoms with E-state index in [-0.39, 0.29) is 18.1 Å². The molecule has 7 nitrogen and oxygen atoms in total. The van der Waals surface area contributed by atoms with Crippen LogP contribution >= 0.6 is 0 Å². The lowest BCUT2D eigenvalue weighted by atomic mass is 10.1. The molecule has 0 spiro atoms. The van der Waals surface area contributed by atoms with Gasteiger partial charge in [-0.05, 0) is 24.5 Å². The monoisotopic (exact) mass is 364 g/mol. The van der Waals surface area contributed by atoms with Crippen molar-refractivity contribution < 1.29 is 14.4 Å². The zero-order valence-corrected chi connectivity index (χ0v) is 15.0. The first-order chi connectivity index (χ1) is 13.0. The van der Waals surface area contributed by atoms with Gasteiger partial charge in [-0.3, -0.25) is 19.3 Å². The fourth-order valence-electron chi connectivity index (χ4n) is 3.32. The Bertz CT molecular complexity index is 941. The number of carbonyl (C=O) groups excluding carboxylic acids is 3. The highest BCUT2D eigenvalue weighted by Gasteiger charge is 2.33. The number of benzene rings is 1. The predicted molar refractivity (Wildman–Crippen MR) is 98.3 cm³/mol. The lowest BCUT2D eigenvalue weighted by molar-refractivity contribution is -0.147. The molecule has 1 aromatic carbocycles. The van der Waals surface area contributed by atoms with Crippen LogP contribution in [0.3, 0.4) is 0 Å². The minimum absolute atomic E-state index is 0.0910. The highest BCUT2D eigenvalue weighted by molar-refractivity contribution is 6.12. The van der Waals surface area contributed by atoms with Crippen molar-refractivity contribution in [2.75, 3.05) is 6.54 Å². The summed E-state index contributed by atoms with van der Waals surface area (Å²) in [5, 5.41) is 2.57. The molecule has 0 unspecified atom stereocenters. The summed E-state index contributed by atoms with van der Waals surface area (Å²) in [6.45, 7) is 1.73. The van der Waals surface area contributed by atoms with Crippen LogP contribution < -0.4 is 5.32 Å². The van der Waals surface area contributed by atoms with Crippen molar-refractivity contribution in [3.05, 3.63) is 59.3 Å². The summed E-state index contributed by atoms with van der Waals surface area (Å²) in [7, 11) is 0. The van der Waals surface area contributed by atoms with Gasteiger partial charge in [0.2, 0.25) is 11.8 Å². The Balaban J connectivity index is 1.67. The van der Waals surface area contributed by atoms with Gasteiger partial charge in [-0.15, -0.1) is 0 Å². The van der Waals surface area contributed by atoms with Gasteiger partial charge >= 0.3 is 0 Å². The quantitative estimate of drug-likeness (QED) is 0.836. The van der Waals surface area contributed by atoms with E-state index in [0.717, 1.165) is 23.4 Å². The summed E-state index contributed by atoms with van der Waals surface area (Å²) in [5.74, 6) is -0.923. The number of nitrogens with one attached hydrogen (secondary N) is 1. The molecule has 1 aliphatic carbocycles. The zero-order chi connectivity index (χ0) is 19.0. The molecule has 2 heterocycles. The van der Waals surface area contributed by atoms with Gasteiger partial charge in [0.25, 0.3) is 5.91 Å². The number of hydrogen-bond acceptors (Lipinski definition) is 4. The van der Waals surface area contributed by atoms with Crippen molar-refractivity contribution in [3.8, 4) is 0 Å². The molecular formula is C20H20N4O3. The van der Waals surface area contributed by atoms with Gasteiger partial charge in [0.1, 0.15) is 12.2 Å². The largest absolute Gasteiger partial charge is 0.329 e. The highest BCUT2D eigenvalue weighted by atomic mass is 16.2. The van der Waals surface area contributed by atoms with Gasteiger partial charge in [0, 0.05) is 25.1 Å². The molecule has 0 atom stereocenters. The molecule has 0 bridgehead atoms. The molecule has 138 valence electrons.